The number of methoxy groups -OCH3 is 1. The Hall–Kier alpha value is -1.75. The summed E-state index contributed by atoms with van der Waals surface area (Å²) in [6, 6.07) is 5.12. The molecule has 0 heterocycles. The maximum atomic E-state index is 12.2. The van der Waals surface area contributed by atoms with Crippen LogP contribution in [0.25, 0.3) is 0 Å². The molecule has 1 rings (SSSR count). The van der Waals surface area contributed by atoms with Gasteiger partial charge in [0, 0.05) is 17.6 Å². The summed E-state index contributed by atoms with van der Waals surface area (Å²) in [4.78, 5) is 12.2. The van der Waals surface area contributed by atoms with Crippen LogP contribution in [0.2, 0.25) is 0 Å². The van der Waals surface area contributed by atoms with Gasteiger partial charge in [0.05, 0.1) is 13.2 Å². The van der Waals surface area contributed by atoms with E-state index in [2.05, 4.69) is 5.32 Å². The molecule has 0 bridgehead atoms. The van der Waals surface area contributed by atoms with Gasteiger partial charge in [-0.25, -0.2) is 0 Å². The molecule has 20 heavy (non-hydrogen) atoms. The van der Waals surface area contributed by atoms with Crippen LogP contribution in [0.3, 0.4) is 0 Å². The lowest BCUT2D eigenvalue weighted by molar-refractivity contribution is 0.0915. The van der Waals surface area contributed by atoms with E-state index < -0.39 is 5.54 Å². The van der Waals surface area contributed by atoms with Gasteiger partial charge < -0.3 is 20.5 Å². The first kappa shape index (κ1) is 16.3. The number of benzene rings is 1. The van der Waals surface area contributed by atoms with E-state index >= 15 is 0 Å². The van der Waals surface area contributed by atoms with Crippen molar-refractivity contribution < 1.29 is 14.3 Å². The summed E-state index contributed by atoms with van der Waals surface area (Å²) in [6.07, 6.45) is 0.0414. The number of rotatable bonds is 6. The van der Waals surface area contributed by atoms with E-state index in [-0.39, 0.29) is 12.0 Å². The molecule has 0 saturated heterocycles. The van der Waals surface area contributed by atoms with Crippen LogP contribution in [0.1, 0.15) is 38.1 Å². The fourth-order valence-electron chi connectivity index (χ4n) is 1.59. The highest BCUT2D eigenvalue weighted by Gasteiger charge is 2.20. The predicted octanol–water partition coefficient (Wildman–Crippen LogP) is 1.95. The molecule has 0 unspecified atom stereocenters. The molecule has 0 aromatic heterocycles. The molecule has 0 fully saturated rings. The second-order valence-electron chi connectivity index (χ2n) is 5.57. The van der Waals surface area contributed by atoms with Crippen LogP contribution in [0, 0.1) is 0 Å². The van der Waals surface area contributed by atoms with Gasteiger partial charge in [-0.1, -0.05) is 0 Å². The van der Waals surface area contributed by atoms with Gasteiger partial charge in [0.2, 0.25) is 0 Å². The molecule has 1 aromatic rings. The zero-order chi connectivity index (χ0) is 15.3. The number of hydrogen-bond acceptors (Lipinski definition) is 4. The quantitative estimate of drug-likeness (QED) is 0.835. The number of nitrogens with two attached hydrogens (primary N) is 1. The molecule has 0 saturated carbocycles. The Bertz CT molecular complexity index is 470. The SMILES string of the molecule is COc1cc(C(=O)NC(C)(C)CN)ccc1OC(C)C. The Labute approximate surface area is 120 Å². The monoisotopic (exact) mass is 280 g/mol. The standard InChI is InChI=1S/C15H24N2O3/c1-10(2)20-12-7-6-11(8-13(12)19-5)14(18)17-15(3,4)9-16/h6-8,10H,9,16H2,1-5H3,(H,17,18). The van der Waals surface area contributed by atoms with Crippen LogP contribution < -0.4 is 20.5 Å². The van der Waals surface area contributed by atoms with Crippen molar-refractivity contribution in [3.05, 3.63) is 23.8 Å². The van der Waals surface area contributed by atoms with Gasteiger partial charge in [0.15, 0.2) is 11.5 Å². The van der Waals surface area contributed by atoms with Crippen molar-refractivity contribution in [1.82, 2.24) is 5.32 Å². The second-order valence-corrected chi connectivity index (χ2v) is 5.57. The van der Waals surface area contributed by atoms with Crippen molar-refractivity contribution in [3.8, 4) is 11.5 Å². The smallest absolute Gasteiger partial charge is 0.251 e. The van der Waals surface area contributed by atoms with Crippen molar-refractivity contribution in [2.24, 2.45) is 5.73 Å². The van der Waals surface area contributed by atoms with Crippen LogP contribution in [-0.2, 0) is 0 Å². The molecule has 0 aliphatic carbocycles. The highest BCUT2D eigenvalue weighted by atomic mass is 16.5. The van der Waals surface area contributed by atoms with Gasteiger partial charge in [-0.3, -0.25) is 4.79 Å². The maximum absolute atomic E-state index is 12.2. The lowest BCUT2D eigenvalue weighted by Crippen LogP contribution is -2.48. The lowest BCUT2D eigenvalue weighted by Gasteiger charge is -2.24. The van der Waals surface area contributed by atoms with Crippen molar-refractivity contribution in [2.75, 3.05) is 13.7 Å². The molecule has 0 aliphatic rings. The number of hydrogen-bond donors (Lipinski definition) is 2. The number of nitrogens with one attached hydrogen (secondary N) is 1. The van der Waals surface area contributed by atoms with Gasteiger partial charge in [0.1, 0.15) is 0 Å². The van der Waals surface area contributed by atoms with Crippen LogP contribution in [0.15, 0.2) is 18.2 Å². The third kappa shape index (κ3) is 4.42. The molecule has 3 N–H and O–H groups in total. The van der Waals surface area contributed by atoms with E-state index in [1.807, 2.05) is 27.7 Å². The first-order valence-corrected chi connectivity index (χ1v) is 6.66. The number of carbonyl (C=O) groups is 1. The molecule has 0 atom stereocenters. The van der Waals surface area contributed by atoms with Gasteiger partial charge in [-0.15, -0.1) is 0 Å². The summed E-state index contributed by atoms with van der Waals surface area (Å²) < 4.78 is 10.9. The van der Waals surface area contributed by atoms with Crippen LogP contribution >= 0.6 is 0 Å². The Morgan fingerprint density at radius 3 is 2.50 bits per heavy atom. The second kappa shape index (κ2) is 6.61. The summed E-state index contributed by atoms with van der Waals surface area (Å²) in [5.41, 5.74) is 5.67. The largest absolute Gasteiger partial charge is 0.493 e. The minimum atomic E-state index is -0.447. The van der Waals surface area contributed by atoms with E-state index in [4.69, 9.17) is 15.2 Å². The molecular weight excluding hydrogens is 256 g/mol. The summed E-state index contributed by atoms with van der Waals surface area (Å²) in [5.74, 6) is 0.976. The lowest BCUT2D eigenvalue weighted by atomic mass is 10.1. The normalized spacial score (nSPS) is 11.3. The fraction of sp³-hybridized carbons (Fsp3) is 0.533. The van der Waals surface area contributed by atoms with E-state index in [1.165, 1.54) is 0 Å². The predicted molar refractivity (Wildman–Crippen MR) is 79.4 cm³/mol. The summed E-state index contributed by atoms with van der Waals surface area (Å²) in [7, 11) is 1.55. The van der Waals surface area contributed by atoms with E-state index in [1.54, 1.807) is 25.3 Å². The van der Waals surface area contributed by atoms with Gasteiger partial charge in [0.25, 0.3) is 5.91 Å². The van der Waals surface area contributed by atoms with Crippen LogP contribution in [0.5, 0.6) is 11.5 Å². The average Bonchev–Trinajstić information content (AvgIpc) is 2.38. The van der Waals surface area contributed by atoms with E-state index in [9.17, 15) is 4.79 Å². The molecule has 5 heteroatoms. The van der Waals surface area contributed by atoms with Crippen molar-refractivity contribution in [1.29, 1.82) is 0 Å². The van der Waals surface area contributed by atoms with Crippen molar-refractivity contribution in [2.45, 2.75) is 39.3 Å². The third-order valence-electron chi connectivity index (χ3n) is 2.75. The van der Waals surface area contributed by atoms with Crippen molar-refractivity contribution in [3.63, 3.8) is 0 Å². The highest BCUT2D eigenvalue weighted by molar-refractivity contribution is 5.95. The number of carbonyl (C=O) groups excluding carboxylic acids is 1. The molecule has 5 nitrogen and oxygen atoms in total. The van der Waals surface area contributed by atoms with Crippen LogP contribution in [0.4, 0.5) is 0 Å². The van der Waals surface area contributed by atoms with Crippen molar-refractivity contribution >= 4 is 5.91 Å². The maximum Gasteiger partial charge on any atom is 0.251 e. The van der Waals surface area contributed by atoms with E-state index in [0.717, 1.165) is 0 Å². The topological polar surface area (TPSA) is 73.6 Å². The molecule has 0 spiro atoms. The zero-order valence-electron chi connectivity index (χ0n) is 12.8. The summed E-state index contributed by atoms with van der Waals surface area (Å²) in [5, 5.41) is 2.87. The van der Waals surface area contributed by atoms with Gasteiger partial charge in [-0.05, 0) is 45.9 Å². The summed E-state index contributed by atoms with van der Waals surface area (Å²) in [6.45, 7) is 7.98. The highest BCUT2D eigenvalue weighted by Crippen LogP contribution is 2.29. The van der Waals surface area contributed by atoms with E-state index in [0.29, 0.717) is 23.6 Å². The summed E-state index contributed by atoms with van der Waals surface area (Å²) >= 11 is 0. The number of ether oxygens (including phenoxy) is 2. The van der Waals surface area contributed by atoms with Gasteiger partial charge in [-0.2, -0.15) is 0 Å². The minimum absolute atomic E-state index is 0.0414. The molecule has 112 valence electrons. The molecule has 0 aliphatic heterocycles. The Morgan fingerprint density at radius 1 is 1.35 bits per heavy atom. The number of amides is 1. The first-order chi connectivity index (χ1) is 9.29. The molecule has 1 amide bonds. The fourth-order valence-corrected chi connectivity index (χ4v) is 1.59. The third-order valence-corrected chi connectivity index (χ3v) is 2.75. The van der Waals surface area contributed by atoms with Gasteiger partial charge >= 0.3 is 0 Å². The zero-order valence-corrected chi connectivity index (χ0v) is 12.8. The first-order valence-electron chi connectivity index (χ1n) is 6.66. The molecule has 1 aromatic carbocycles. The Kier molecular flexibility index (Phi) is 5.39. The van der Waals surface area contributed by atoms with Crippen LogP contribution in [-0.4, -0.2) is 31.2 Å². The molecular formula is C15H24N2O3. The Balaban J connectivity index is 2.95. The average molecular weight is 280 g/mol. The molecule has 0 radical (unpaired) electrons. The minimum Gasteiger partial charge on any atom is -0.493 e. The Morgan fingerprint density at radius 2 is 2.00 bits per heavy atom.